The zero-order valence-electron chi connectivity index (χ0n) is 11.5. The van der Waals surface area contributed by atoms with Gasteiger partial charge in [0.05, 0.1) is 17.2 Å². The molecule has 1 amide bonds. The summed E-state index contributed by atoms with van der Waals surface area (Å²) in [5, 5.41) is 3.92. The summed E-state index contributed by atoms with van der Waals surface area (Å²) in [7, 11) is 0. The van der Waals surface area contributed by atoms with Crippen LogP contribution in [0.15, 0.2) is 53.6 Å². The molecule has 5 nitrogen and oxygen atoms in total. The highest BCUT2D eigenvalue weighted by Gasteiger charge is 2.03. The molecule has 0 saturated carbocycles. The van der Waals surface area contributed by atoms with Gasteiger partial charge in [-0.15, -0.1) is 0 Å². The molecule has 0 aliphatic rings. The third kappa shape index (κ3) is 2.97. The van der Waals surface area contributed by atoms with Crippen LogP contribution in [0.25, 0.3) is 11.0 Å². The second-order valence-electron chi connectivity index (χ2n) is 4.71. The monoisotopic (exact) mass is 278 g/mol. The molecule has 104 valence electrons. The number of carbonyl (C=O) groups excluding carboxylic acids is 1. The molecule has 0 unspecified atom stereocenters. The van der Waals surface area contributed by atoms with Crippen molar-refractivity contribution in [2.75, 3.05) is 0 Å². The van der Waals surface area contributed by atoms with Crippen LogP contribution in [0.5, 0.6) is 0 Å². The SMILES string of the molecule is Cc1cccc(C(=O)NN=Cc2nc3ccccc3[nH]2)c1. The average molecular weight is 278 g/mol. The molecule has 3 rings (SSSR count). The van der Waals surface area contributed by atoms with Gasteiger partial charge in [0.25, 0.3) is 5.91 Å². The predicted octanol–water partition coefficient (Wildman–Crippen LogP) is 2.64. The topological polar surface area (TPSA) is 70.1 Å². The summed E-state index contributed by atoms with van der Waals surface area (Å²) in [6, 6.07) is 15.0. The number of nitrogens with one attached hydrogen (secondary N) is 2. The summed E-state index contributed by atoms with van der Waals surface area (Å²) < 4.78 is 0. The van der Waals surface area contributed by atoms with E-state index in [4.69, 9.17) is 0 Å². The lowest BCUT2D eigenvalue weighted by Gasteiger charge is -2.00. The van der Waals surface area contributed by atoms with E-state index in [0.29, 0.717) is 11.4 Å². The summed E-state index contributed by atoms with van der Waals surface area (Å²) >= 11 is 0. The first-order valence-electron chi connectivity index (χ1n) is 6.57. The summed E-state index contributed by atoms with van der Waals surface area (Å²) in [5.41, 5.74) is 5.90. The van der Waals surface area contributed by atoms with Gasteiger partial charge < -0.3 is 4.98 Å². The van der Waals surface area contributed by atoms with E-state index in [1.807, 2.05) is 49.4 Å². The fourth-order valence-electron chi connectivity index (χ4n) is 2.04. The highest BCUT2D eigenvalue weighted by atomic mass is 16.2. The molecule has 0 saturated heterocycles. The first-order chi connectivity index (χ1) is 10.2. The Morgan fingerprint density at radius 1 is 1.24 bits per heavy atom. The van der Waals surface area contributed by atoms with E-state index in [1.165, 1.54) is 6.21 Å². The van der Waals surface area contributed by atoms with Crippen LogP contribution >= 0.6 is 0 Å². The number of hydrogen-bond donors (Lipinski definition) is 2. The fourth-order valence-corrected chi connectivity index (χ4v) is 2.04. The van der Waals surface area contributed by atoms with E-state index in [1.54, 1.807) is 6.07 Å². The molecule has 2 aromatic carbocycles. The molecule has 1 aromatic heterocycles. The van der Waals surface area contributed by atoms with Crippen molar-refractivity contribution >= 4 is 23.2 Å². The van der Waals surface area contributed by atoms with Crippen LogP contribution in [0.2, 0.25) is 0 Å². The summed E-state index contributed by atoms with van der Waals surface area (Å²) in [5.74, 6) is 0.354. The number of hydrazone groups is 1. The van der Waals surface area contributed by atoms with Gasteiger partial charge in [-0.25, -0.2) is 10.4 Å². The molecule has 2 N–H and O–H groups in total. The predicted molar refractivity (Wildman–Crippen MR) is 82.3 cm³/mol. The van der Waals surface area contributed by atoms with Crippen molar-refractivity contribution in [2.24, 2.45) is 5.10 Å². The van der Waals surface area contributed by atoms with Gasteiger partial charge in [0.2, 0.25) is 0 Å². The largest absolute Gasteiger partial charge is 0.337 e. The number of benzene rings is 2. The molecule has 3 aromatic rings. The molecule has 0 radical (unpaired) electrons. The van der Waals surface area contributed by atoms with Gasteiger partial charge >= 0.3 is 0 Å². The molecule has 0 aliphatic carbocycles. The molecular formula is C16H14N4O. The lowest BCUT2D eigenvalue weighted by atomic mass is 10.1. The number of para-hydroxylation sites is 2. The molecule has 0 fully saturated rings. The molecule has 0 bridgehead atoms. The van der Waals surface area contributed by atoms with Gasteiger partial charge in [0.1, 0.15) is 0 Å². The first kappa shape index (κ1) is 13.1. The van der Waals surface area contributed by atoms with Crippen molar-refractivity contribution in [3.8, 4) is 0 Å². The average Bonchev–Trinajstić information content (AvgIpc) is 2.89. The number of carbonyl (C=O) groups is 1. The lowest BCUT2D eigenvalue weighted by Crippen LogP contribution is -2.17. The highest BCUT2D eigenvalue weighted by Crippen LogP contribution is 2.08. The van der Waals surface area contributed by atoms with Crippen molar-refractivity contribution in [3.05, 3.63) is 65.5 Å². The zero-order chi connectivity index (χ0) is 14.7. The van der Waals surface area contributed by atoms with Crippen LogP contribution in [0.3, 0.4) is 0 Å². The third-order valence-electron chi connectivity index (χ3n) is 3.04. The Bertz CT molecular complexity index is 787. The molecule has 1 heterocycles. The normalized spacial score (nSPS) is 11.1. The molecule has 0 atom stereocenters. The smallest absolute Gasteiger partial charge is 0.271 e. The quantitative estimate of drug-likeness (QED) is 0.571. The maximum atomic E-state index is 11.9. The lowest BCUT2D eigenvalue weighted by molar-refractivity contribution is 0.0955. The van der Waals surface area contributed by atoms with Gasteiger partial charge in [-0.3, -0.25) is 4.79 Å². The van der Waals surface area contributed by atoms with Crippen LogP contribution in [0.4, 0.5) is 0 Å². The Labute approximate surface area is 121 Å². The standard InChI is InChI=1S/C16H14N4O/c1-11-5-4-6-12(9-11)16(21)20-17-10-15-18-13-7-2-3-8-14(13)19-15/h2-10H,1H3,(H,18,19)(H,20,21). The minimum Gasteiger partial charge on any atom is -0.337 e. The number of amides is 1. The number of aryl methyl sites for hydroxylation is 1. The van der Waals surface area contributed by atoms with Crippen molar-refractivity contribution in [1.29, 1.82) is 0 Å². The first-order valence-corrected chi connectivity index (χ1v) is 6.57. The van der Waals surface area contributed by atoms with Crippen LogP contribution in [-0.4, -0.2) is 22.1 Å². The zero-order valence-corrected chi connectivity index (χ0v) is 11.5. The fraction of sp³-hybridized carbons (Fsp3) is 0.0625. The van der Waals surface area contributed by atoms with Crippen LogP contribution in [0.1, 0.15) is 21.7 Å². The van der Waals surface area contributed by atoms with Gasteiger partial charge in [0, 0.05) is 5.56 Å². The van der Waals surface area contributed by atoms with Gasteiger partial charge in [-0.05, 0) is 31.2 Å². The van der Waals surface area contributed by atoms with Crippen molar-refractivity contribution < 1.29 is 4.79 Å². The minimum atomic E-state index is -0.244. The maximum absolute atomic E-state index is 11.9. The number of rotatable bonds is 3. The Morgan fingerprint density at radius 2 is 2.10 bits per heavy atom. The Balaban J connectivity index is 1.70. The third-order valence-corrected chi connectivity index (χ3v) is 3.04. The minimum absolute atomic E-state index is 0.244. The Kier molecular flexibility index (Phi) is 3.47. The number of hydrogen-bond acceptors (Lipinski definition) is 3. The Morgan fingerprint density at radius 3 is 2.90 bits per heavy atom. The number of fused-ring (bicyclic) bond motifs is 1. The number of aromatic amines is 1. The van der Waals surface area contributed by atoms with Crippen molar-refractivity contribution in [2.45, 2.75) is 6.92 Å². The highest BCUT2D eigenvalue weighted by molar-refractivity contribution is 5.95. The summed E-state index contributed by atoms with van der Waals surface area (Å²) in [6.07, 6.45) is 1.49. The van der Waals surface area contributed by atoms with Gasteiger partial charge in [0.15, 0.2) is 5.82 Å². The maximum Gasteiger partial charge on any atom is 0.271 e. The Hall–Kier alpha value is -2.95. The number of imidazole rings is 1. The van der Waals surface area contributed by atoms with Crippen LogP contribution in [0, 0.1) is 6.92 Å². The number of H-pyrrole nitrogens is 1. The molecule has 5 heteroatoms. The van der Waals surface area contributed by atoms with E-state index < -0.39 is 0 Å². The van der Waals surface area contributed by atoms with Crippen molar-refractivity contribution in [1.82, 2.24) is 15.4 Å². The number of aromatic nitrogens is 2. The van der Waals surface area contributed by atoms with E-state index in [0.717, 1.165) is 16.6 Å². The van der Waals surface area contributed by atoms with Crippen LogP contribution < -0.4 is 5.43 Å². The second kappa shape index (κ2) is 5.58. The van der Waals surface area contributed by atoms with E-state index in [9.17, 15) is 4.79 Å². The van der Waals surface area contributed by atoms with Crippen LogP contribution in [-0.2, 0) is 0 Å². The summed E-state index contributed by atoms with van der Waals surface area (Å²) in [4.78, 5) is 19.4. The van der Waals surface area contributed by atoms with Crippen molar-refractivity contribution in [3.63, 3.8) is 0 Å². The molecule has 0 aliphatic heterocycles. The molecular weight excluding hydrogens is 264 g/mol. The van der Waals surface area contributed by atoms with Gasteiger partial charge in [-0.1, -0.05) is 29.8 Å². The second-order valence-corrected chi connectivity index (χ2v) is 4.71. The molecule has 21 heavy (non-hydrogen) atoms. The van der Waals surface area contributed by atoms with E-state index in [2.05, 4.69) is 20.5 Å². The van der Waals surface area contributed by atoms with E-state index >= 15 is 0 Å². The summed E-state index contributed by atoms with van der Waals surface area (Å²) in [6.45, 7) is 1.94. The molecule has 0 spiro atoms. The number of nitrogens with zero attached hydrogens (tertiary/aromatic N) is 2. The van der Waals surface area contributed by atoms with Gasteiger partial charge in [-0.2, -0.15) is 5.10 Å². The van der Waals surface area contributed by atoms with E-state index in [-0.39, 0.29) is 5.91 Å².